The first-order valence-electron chi connectivity index (χ1n) is 5.73. The number of sulfonamides is 1. The Morgan fingerprint density at radius 3 is 2.47 bits per heavy atom. The molecule has 0 fully saturated rings. The molecule has 0 aliphatic carbocycles. The second-order valence-corrected chi connectivity index (χ2v) is 6.53. The minimum Gasteiger partial charge on any atom is -0.330 e. The van der Waals surface area contributed by atoms with Crippen LogP contribution in [0.2, 0.25) is 0 Å². The van der Waals surface area contributed by atoms with Crippen LogP contribution in [0.3, 0.4) is 0 Å². The van der Waals surface area contributed by atoms with Gasteiger partial charge in [0.1, 0.15) is 16.5 Å². The Morgan fingerprint density at radius 2 is 1.84 bits per heavy atom. The highest BCUT2D eigenvalue weighted by molar-refractivity contribution is 9.10. The summed E-state index contributed by atoms with van der Waals surface area (Å²) in [6, 6.07) is 1.44. The number of rotatable bonds is 7. The zero-order valence-corrected chi connectivity index (χ0v) is 12.5. The molecular formula is C11H15BrF2N2O2S. The van der Waals surface area contributed by atoms with Crippen LogP contribution in [0.25, 0.3) is 0 Å². The van der Waals surface area contributed by atoms with Gasteiger partial charge in [0, 0.05) is 12.6 Å². The summed E-state index contributed by atoms with van der Waals surface area (Å²) in [5.41, 5.74) is 5.31. The second-order valence-electron chi connectivity index (χ2n) is 3.94. The number of halogens is 3. The minimum atomic E-state index is -3.97. The Balaban J connectivity index is 2.75. The molecule has 4 nitrogen and oxygen atoms in total. The Hall–Kier alpha value is -0.570. The predicted octanol–water partition coefficient (Wildman–Crippen LogP) is 2.13. The molecule has 0 aliphatic heterocycles. The monoisotopic (exact) mass is 356 g/mol. The number of nitrogens with one attached hydrogen (secondary N) is 1. The molecule has 1 aromatic carbocycles. The lowest BCUT2D eigenvalue weighted by Crippen LogP contribution is -2.26. The van der Waals surface area contributed by atoms with E-state index in [1.807, 2.05) is 0 Å². The fraction of sp³-hybridized carbons (Fsp3) is 0.455. The second kappa shape index (κ2) is 7.28. The Bertz CT molecular complexity index is 538. The molecule has 0 aromatic heterocycles. The molecule has 8 heteroatoms. The molecule has 0 aliphatic rings. The predicted molar refractivity (Wildman–Crippen MR) is 72.2 cm³/mol. The van der Waals surface area contributed by atoms with Gasteiger partial charge in [-0.2, -0.15) is 0 Å². The molecule has 0 saturated heterocycles. The summed E-state index contributed by atoms with van der Waals surface area (Å²) >= 11 is 2.83. The van der Waals surface area contributed by atoms with Gasteiger partial charge in [0.15, 0.2) is 0 Å². The molecule has 19 heavy (non-hydrogen) atoms. The Morgan fingerprint density at radius 1 is 1.16 bits per heavy atom. The zero-order valence-electron chi connectivity index (χ0n) is 10.1. The van der Waals surface area contributed by atoms with E-state index in [-0.39, 0.29) is 11.0 Å². The van der Waals surface area contributed by atoms with Gasteiger partial charge in [-0.25, -0.2) is 21.9 Å². The van der Waals surface area contributed by atoms with Gasteiger partial charge in [0.05, 0.1) is 4.47 Å². The van der Waals surface area contributed by atoms with Crippen molar-refractivity contribution in [1.82, 2.24) is 4.72 Å². The smallest absolute Gasteiger partial charge is 0.243 e. The maximum absolute atomic E-state index is 13.5. The molecule has 0 spiro atoms. The molecule has 0 unspecified atom stereocenters. The van der Waals surface area contributed by atoms with Crippen LogP contribution in [0.5, 0.6) is 0 Å². The van der Waals surface area contributed by atoms with Crippen molar-refractivity contribution in [2.45, 2.75) is 24.2 Å². The first kappa shape index (κ1) is 16.5. The van der Waals surface area contributed by atoms with Crippen LogP contribution in [0.1, 0.15) is 19.3 Å². The third-order valence-corrected chi connectivity index (χ3v) is 4.52. The summed E-state index contributed by atoms with van der Waals surface area (Å²) in [7, 11) is -3.97. The van der Waals surface area contributed by atoms with Gasteiger partial charge < -0.3 is 5.73 Å². The molecule has 0 radical (unpaired) electrons. The molecule has 3 N–H and O–H groups in total. The van der Waals surface area contributed by atoms with E-state index in [1.165, 1.54) is 0 Å². The van der Waals surface area contributed by atoms with Gasteiger partial charge in [0.25, 0.3) is 0 Å². The number of benzene rings is 1. The van der Waals surface area contributed by atoms with Crippen molar-refractivity contribution < 1.29 is 17.2 Å². The topological polar surface area (TPSA) is 72.2 Å². The first-order valence-corrected chi connectivity index (χ1v) is 8.00. The molecule has 1 rings (SSSR count). The number of hydrogen-bond acceptors (Lipinski definition) is 3. The van der Waals surface area contributed by atoms with E-state index in [1.54, 1.807) is 0 Å². The highest BCUT2D eigenvalue weighted by atomic mass is 79.9. The van der Waals surface area contributed by atoms with Crippen molar-refractivity contribution in [3.8, 4) is 0 Å². The molecule has 1 aromatic rings. The fourth-order valence-electron chi connectivity index (χ4n) is 1.44. The molecule has 0 amide bonds. The van der Waals surface area contributed by atoms with Crippen LogP contribution < -0.4 is 10.5 Å². The molecular weight excluding hydrogens is 342 g/mol. The minimum absolute atomic E-state index is 0.0996. The van der Waals surface area contributed by atoms with Crippen LogP contribution in [0, 0.1) is 11.6 Å². The molecule has 108 valence electrons. The van der Waals surface area contributed by atoms with Gasteiger partial charge in [0.2, 0.25) is 10.0 Å². The third-order valence-electron chi connectivity index (χ3n) is 2.44. The van der Waals surface area contributed by atoms with Crippen molar-refractivity contribution in [3.63, 3.8) is 0 Å². The lowest BCUT2D eigenvalue weighted by atomic mass is 10.2. The maximum Gasteiger partial charge on any atom is 0.243 e. The summed E-state index contributed by atoms with van der Waals surface area (Å²) < 4.78 is 52.3. The normalized spacial score (nSPS) is 11.8. The molecule has 0 bridgehead atoms. The standard InChI is InChI=1S/C11H15BrF2N2O2S/c12-8-6-11(10(14)7-9(8)13)19(17,18)16-5-3-1-2-4-15/h6-7,16H,1-5,15H2. The lowest BCUT2D eigenvalue weighted by Gasteiger charge is -2.08. The largest absolute Gasteiger partial charge is 0.330 e. The van der Waals surface area contributed by atoms with E-state index >= 15 is 0 Å². The summed E-state index contributed by atoms with van der Waals surface area (Å²) in [4.78, 5) is -0.570. The van der Waals surface area contributed by atoms with Crippen molar-refractivity contribution in [3.05, 3.63) is 28.2 Å². The van der Waals surface area contributed by atoms with Gasteiger partial charge in [-0.1, -0.05) is 6.42 Å². The number of unbranched alkanes of at least 4 members (excludes halogenated alkanes) is 2. The van der Waals surface area contributed by atoms with Gasteiger partial charge in [-0.15, -0.1) is 0 Å². The summed E-state index contributed by atoms with van der Waals surface area (Å²) in [5.74, 6) is -1.96. The van der Waals surface area contributed by atoms with Crippen LogP contribution in [-0.2, 0) is 10.0 Å². The number of hydrogen-bond donors (Lipinski definition) is 2. The zero-order chi connectivity index (χ0) is 14.5. The SMILES string of the molecule is NCCCCCNS(=O)(=O)c1cc(Br)c(F)cc1F. The highest BCUT2D eigenvalue weighted by Gasteiger charge is 2.20. The third kappa shape index (κ3) is 4.79. The van der Waals surface area contributed by atoms with E-state index < -0.39 is 26.6 Å². The van der Waals surface area contributed by atoms with Crippen molar-refractivity contribution in [2.24, 2.45) is 5.73 Å². The fourth-order valence-corrected chi connectivity index (χ4v) is 3.09. The van der Waals surface area contributed by atoms with E-state index in [9.17, 15) is 17.2 Å². The quantitative estimate of drug-likeness (QED) is 0.580. The van der Waals surface area contributed by atoms with E-state index in [2.05, 4.69) is 20.7 Å². The summed E-state index contributed by atoms with van der Waals surface area (Å²) in [6.45, 7) is 0.739. The molecule has 0 saturated carbocycles. The average molecular weight is 357 g/mol. The molecule has 0 heterocycles. The molecule has 0 atom stereocenters. The van der Waals surface area contributed by atoms with E-state index in [0.29, 0.717) is 19.0 Å². The van der Waals surface area contributed by atoms with Crippen LogP contribution >= 0.6 is 15.9 Å². The van der Waals surface area contributed by atoms with Crippen molar-refractivity contribution >= 4 is 26.0 Å². The van der Waals surface area contributed by atoms with Crippen LogP contribution in [0.4, 0.5) is 8.78 Å². The lowest BCUT2D eigenvalue weighted by molar-refractivity contribution is 0.539. The van der Waals surface area contributed by atoms with E-state index in [4.69, 9.17) is 5.73 Å². The summed E-state index contributed by atoms with van der Waals surface area (Å²) in [6.07, 6.45) is 2.20. The highest BCUT2D eigenvalue weighted by Crippen LogP contribution is 2.23. The van der Waals surface area contributed by atoms with Crippen molar-refractivity contribution in [1.29, 1.82) is 0 Å². The average Bonchev–Trinajstić information content (AvgIpc) is 2.33. The van der Waals surface area contributed by atoms with Gasteiger partial charge in [-0.05, 0) is 41.4 Å². The first-order chi connectivity index (χ1) is 8.88. The van der Waals surface area contributed by atoms with Gasteiger partial charge in [-0.3, -0.25) is 0 Å². The Kier molecular flexibility index (Phi) is 6.31. The van der Waals surface area contributed by atoms with Gasteiger partial charge >= 0.3 is 0 Å². The Labute approximate surface area is 119 Å². The summed E-state index contributed by atoms with van der Waals surface area (Å²) in [5, 5.41) is 0. The number of nitrogens with two attached hydrogens (primary N) is 1. The van der Waals surface area contributed by atoms with Crippen molar-refractivity contribution in [2.75, 3.05) is 13.1 Å². The van der Waals surface area contributed by atoms with Crippen LogP contribution in [0.15, 0.2) is 21.5 Å². The van der Waals surface area contributed by atoms with Crippen LogP contribution in [-0.4, -0.2) is 21.5 Å². The maximum atomic E-state index is 13.5. The van der Waals surface area contributed by atoms with E-state index in [0.717, 1.165) is 18.9 Å².